The largest absolute Gasteiger partial charge is 0.333 e. The molecule has 3 heterocycles. The van der Waals surface area contributed by atoms with Crippen molar-refractivity contribution in [2.24, 2.45) is 0 Å². The van der Waals surface area contributed by atoms with E-state index in [9.17, 15) is 0 Å². The zero-order valence-electron chi connectivity index (χ0n) is 28.2. The van der Waals surface area contributed by atoms with Crippen LogP contribution in [0.5, 0.6) is 0 Å². The van der Waals surface area contributed by atoms with Crippen LogP contribution in [0.4, 0.5) is 0 Å². The number of hydroxylamine groups is 6. The molecule has 0 atom stereocenters. The maximum Gasteiger partial charge on any atom is 0.333 e. The summed E-state index contributed by atoms with van der Waals surface area (Å²) < 4.78 is 20.7. The van der Waals surface area contributed by atoms with Crippen LogP contribution in [0, 0.1) is 0 Å². The number of hydrogen-bond donors (Lipinski definition) is 0. The van der Waals surface area contributed by atoms with Gasteiger partial charge in [-0.1, -0.05) is 0 Å². The van der Waals surface area contributed by atoms with E-state index in [0.717, 1.165) is 38.5 Å². The van der Waals surface area contributed by atoms with Gasteiger partial charge in [-0.3, -0.25) is 0 Å². The predicted molar refractivity (Wildman–Crippen MR) is 160 cm³/mol. The zero-order valence-corrected chi connectivity index (χ0v) is 29.1. The average Bonchev–Trinajstić information content (AvgIpc) is 2.68. The Kier molecular flexibility index (Phi) is 10.3. The average molecular weight is 590 g/mol. The van der Waals surface area contributed by atoms with Crippen molar-refractivity contribution in [1.82, 2.24) is 15.2 Å². The van der Waals surface area contributed by atoms with Gasteiger partial charge in [-0.25, -0.2) is 0 Å². The predicted octanol–water partition coefficient (Wildman–Crippen LogP) is 7.01. The van der Waals surface area contributed by atoms with E-state index in [2.05, 4.69) is 98.3 Å². The molecule has 0 aromatic rings. The van der Waals surface area contributed by atoms with Gasteiger partial charge < -0.3 is 28.1 Å². The molecule has 3 fully saturated rings. The van der Waals surface area contributed by atoms with E-state index < -0.39 is 8.60 Å². The molecule has 40 heavy (non-hydrogen) atoms. The highest BCUT2D eigenvalue weighted by Crippen LogP contribution is 2.54. The smallest absolute Gasteiger partial charge is 0.309 e. The van der Waals surface area contributed by atoms with Gasteiger partial charge in [0.2, 0.25) is 0 Å². The summed E-state index contributed by atoms with van der Waals surface area (Å²) in [7, 11) is 3.67. The molecule has 0 saturated carbocycles. The monoisotopic (exact) mass is 589 g/mol. The summed E-state index contributed by atoms with van der Waals surface area (Å²) in [6.07, 6.45) is 4.93. The minimum Gasteiger partial charge on any atom is -0.309 e. The van der Waals surface area contributed by atoms with Crippen LogP contribution in [0.25, 0.3) is 0 Å². The van der Waals surface area contributed by atoms with Crippen LogP contribution >= 0.6 is 8.60 Å². The maximum atomic E-state index is 6.89. The lowest BCUT2D eigenvalue weighted by Gasteiger charge is -2.55. The van der Waals surface area contributed by atoms with Crippen LogP contribution in [0.2, 0.25) is 0 Å². The lowest BCUT2D eigenvalue weighted by molar-refractivity contribution is -0.280. The van der Waals surface area contributed by atoms with Gasteiger partial charge in [-0.2, -0.15) is 15.2 Å². The van der Waals surface area contributed by atoms with Crippen molar-refractivity contribution in [1.29, 1.82) is 0 Å². The summed E-state index contributed by atoms with van der Waals surface area (Å²) in [4.78, 5) is 17.5. The Morgan fingerprint density at radius 1 is 0.400 bits per heavy atom. The van der Waals surface area contributed by atoms with Crippen LogP contribution in [0.15, 0.2) is 0 Å². The van der Waals surface area contributed by atoms with Gasteiger partial charge in [0.25, 0.3) is 0 Å². The van der Waals surface area contributed by atoms with Gasteiger partial charge in [0.15, 0.2) is 0 Å². The molecule has 9 nitrogen and oxygen atoms in total. The Hall–Kier alpha value is 0.0700. The van der Waals surface area contributed by atoms with E-state index in [1.54, 1.807) is 21.3 Å². The van der Waals surface area contributed by atoms with Crippen LogP contribution in [0.3, 0.4) is 0 Å². The topological polar surface area (TPSA) is 65.1 Å². The third-order valence-corrected chi connectivity index (χ3v) is 10.3. The molecule has 3 saturated heterocycles. The highest BCUT2D eigenvalue weighted by Gasteiger charge is 2.52. The third-order valence-electron chi connectivity index (χ3n) is 8.92. The van der Waals surface area contributed by atoms with Gasteiger partial charge in [0.05, 0.1) is 39.6 Å². The molecule has 3 aliphatic rings. The minimum atomic E-state index is -1.61. The number of hydrogen-bond acceptors (Lipinski definition) is 9. The van der Waals surface area contributed by atoms with E-state index in [1.165, 1.54) is 0 Å². The Morgan fingerprint density at radius 3 is 0.725 bits per heavy atom. The number of piperidine rings is 3. The molecule has 0 bridgehead atoms. The van der Waals surface area contributed by atoms with Crippen LogP contribution in [-0.4, -0.2) is 88.1 Å². The Bertz CT molecular complexity index is 701. The summed E-state index contributed by atoms with van der Waals surface area (Å²) in [6, 6.07) is 0. The molecule has 3 aliphatic heterocycles. The first-order chi connectivity index (χ1) is 18.1. The van der Waals surface area contributed by atoms with Gasteiger partial charge in [0, 0.05) is 33.2 Å². The Morgan fingerprint density at radius 2 is 0.575 bits per heavy atom. The van der Waals surface area contributed by atoms with Crippen molar-refractivity contribution in [3.05, 3.63) is 0 Å². The van der Waals surface area contributed by atoms with E-state index in [1.807, 2.05) is 0 Å². The molecule has 0 N–H and O–H groups in total. The summed E-state index contributed by atoms with van der Waals surface area (Å²) in [5, 5.41) is 6.34. The molecule has 0 radical (unpaired) electrons. The van der Waals surface area contributed by atoms with Crippen molar-refractivity contribution in [2.75, 3.05) is 21.3 Å². The molecule has 0 aromatic carbocycles. The summed E-state index contributed by atoms with van der Waals surface area (Å²) in [5.74, 6) is 0. The number of nitrogens with zero attached hydrogens (tertiary/aromatic N) is 3. The number of rotatable bonds is 9. The van der Waals surface area contributed by atoms with Gasteiger partial charge >= 0.3 is 8.60 Å². The fourth-order valence-corrected chi connectivity index (χ4v) is 9.99. The van der Waals surface area contributed by atoms with Crippen LogP contribution in [-0.2, 0) is 28.1 Å². The third kappa shape index (κ3) is 7.40. The highest BCUT2D eigenvalue weighted by molar-refractivity contribution is 7.41. The first-order valence-electron chi connectivity index (χ1n) is 14.9. The molecule has 0 amide bonds. The summed E-state index contributed by atoms with van der Waals surface area (Å²) in [6.45, 7) is 26.6. The fraction of sp³-hybridized carbons (Fsp3) is 1.00. The van der Waals surface area contributed by atoms with Crippen molar-refractivity contribution < 1.29 is 28.1 Å². The van der Waals surface area contributed by atoms with Gasteiger partial charge in [0.1, 0.15) is 0 Å². The van der Waals surface area contributed by atoms with Crippen molar-refractivity contribution >= 4 is 8.60 Å². The molecular formula is C30H60N3O6P. The van der Waals surface area contributed by atoms with Crippen molar-refractivity contribution in [3.63, 3.8) is 0 Å². The van der Waals surface area contributed by atoms with Crippen LogP contribution in [0.1, 0.15) is 122 Å². The van der Waals surface area contributed by atoms with Crippen molar-refractivity contribution in [3.8, 4) is 0 Å². The molecule has 0 unspecified atom stereocenters. The van der Waals surface area contributed by atoms with E-state index in [4.69, 9.17) is 28.1 Å². The second-order valence-corrected chi connectivity index (χ2v) is 17.0. The minimum absolute atomic E-state index is 0.0114. The normalized spacial score (nSPS) is 29.7. The molecule has 236 valence electrons. The Balaban J connectivity index is 1.86. The molecule has 3 rings (SSSR count). The molecular weight excluding hydrogens is 529 g/mol. The summed E-state index contributed by atoms with van der Waals surface area (Å²) >= 11 is 0. The van der Waals surface area contributed by atoms with E-state index in [0.29, 0.717) is 0 Å². The van der Waals surface area contributed by atoms with E-state index >= 15 is 0 Å². The van der Waals surface area contributed by atoms with Gasteiger partial charge in [-0.05, 0) is 122 Å². The maximum absolute atomic E-state index is 6.89. The van der Waals surface area contributed by atoms with Crippen LogP contribution < -0.4 is 0 Å². The highest BCUT2D eigenvalue weighted by atomic mass is 31.2. The first kappa shape index (κ1) is 34.6. The molecule has 0 aromatic heterocycles. The summed E-state index contributed by atoms with van der Waals surface area (Å²) in [5.41, 5.74) is -1.14. The lowest BCUT2D eigenvalue weighted by atomic mass is 9.80. The quantitative estimate of drug-likeness (QED) is 0.264. The second kappa shape index (κ2) is 11.9. The van der Waals surface area contributed by atoms with Gasteiger partial charge in [-0.15, -0.1) is 0 Å². The zero-order chi connectivity index (χ0) is 30.5. The SMILES string of the molecule is CON1C(C)(C)CC(OP(OC2CC(C)(C)N(OC)C(C)(C)C2)OC2CC(C)(C)N(OC)C(C)(C)C2)CC1(C)C. The Labute approximate surface area is 246 Å². The second-order valence-electron chi connectivity index (χ2n) is 15.9. The fourth-order valence-electron chi connectivity index (χ4n) is 8.66. The lowest BCUT2D eigenvalue weighted by Crippen LogP contribution is -2.62. The van der Waals surface area contributed by atoms with E-state index in [-0.39, 0.29) is 51.5 Å². The first-order valence-corrected chi connectivity index (χ1v) is 16.0. The molecule has 10 heteroatoms. The molecule has 0 spiro atoms. The van der Waals surface area contributed by atoms with Crippen molar-refractivity contribution in [2.45, 2.75) is 173 Å². The molecule has 0 aliphatic carbocycles. The standard InChI is InChI=1S/C30H60N3O6P/c1-25(2)16-22(17-26(3,4)31(25)34-13)37-40(38-23-18-27(5,6)32(35-14)28(7,8)19-23)39-24-20-29(9,10)33(36-15)30(11,12)21-24/h22-24H,16-21H2,1-15H3.